The minimum absolute atomic E-state index is 0.0681. The molecule has 2 heterocycles. The molecule has 2 aromatic heterocycles. The minimum Gasteiger partial charge on any atom is -0.465 e. The van der Waals surface area contributed by atoms with Crippen LogP contribution in [0.15, 0.2) is 45.8 Å². The highest BCUT2D eigenvalue weighted by Gasteiger charge is 2.10. The average Bonchev–Trinajstić information content (AvgIpc) is 2.85. The molecule has 0 unspecified atom stereocenters. The lowest BCUT2D eigenvalue weighted by Gasteiger charge is -2.05. The van der Waals surface area contributed by atoms with Gasteiger partial charge in [0.25, 0.3) is 0 Å². The highest BCUT2D eigenvalue weighted by molar-refractivity contribution is 9.10. The first-order valence-electron chi connectivity index (χ1n) is 6.02. The van der Waals surface area contributed by atoms with Crippen molar-refractivity contribution in [3.8, 4) is 5.82 Å². The summed E-state index contributed by atoms with van der Waals surface area (Å²) in [5.74, 6) is 0.369. The second-order valence-corrected chi connectivity index (χ2v) is 5.12. The summed E-state index contributed by atoms with van der Waals surface area (Å²) in [4.78, 5) is 26.6. The second-order valence-electron chi connectivity index (χ2n) is 4.20. The summed E-state index contributed by atoms with van der Waals surface area (Å²) in [7, 11) is 0. The quantitative estimate of drug-likeness (QED) is 0.824. The van der Waals surface area contributed by atoms with Crippen molar-refractivity contribution < 1.29 is 14.3 Å². The van der Waals surface area contributed by atoms with Gasteiger partial charge in [-0.3, -0.25) is 0 Å². The van der Waals surface area contributed by atoms with E-state index in [1.807, 2.05) is 5.32 Å². The van der Waals surface area contributed by atoms with Gasteiger partial charge in [0, 0.05) is 17.2 Å². The molecule has 2 aromatic rings. The Balaban J connectivity index is 2.19. The molecule has 0 fully saturated rings. The monoisotopic (exact) mass is 371 g/mol. The number of nitrogens with one attached hydrogen (secondary N) is 1. The molecule has 0 aromatic carbocycles. The van der Waals surface area contributed by atoms with Crippen molar-refractivity contribution in [1.29, 1.82) is 0 Å². The molecule has 0 aliphatic heterocycles. The van der Waals surface area contributed by atoms with E-state index in [4.69, 9.17) is 5.11 Å². The fourth-order valence-corrected chi connectivity index (χ4v) is 1.86. The molecule has 0 spiro atoms. The van der Waals surface area contributed by atoms with E-state index in [1.165, 1.54) is 17.1 Å². The summed E-state index contributed by atoms with van der Waals surface area (Å²) in [5.41, 5.74) is -0.442. The van der Waals surface area contributed by atoms with E-state index >= 15 is 0 Å². The second kappa shape index (κ2) is 6.98. The predicted molar refractivity (Wildman–Crippen MR) is 78.5 cm³/mol. The lowest BCUT2D eigenvalue weighted by molar-refractivity contribution is 0.195. The minimum atomic E-state index is -1.28. The molecule has 0 aliphatic rings. The first-order valence-corrected chi connectivity index (χ1v) is 6.82. The summed E-state index contributed by atoms with van der Waals surface area (Å²) in [6, 6.07) is 3.34. The Labute approximate surface area is 132 Å². The number of nitrogens with zero attached hydrogens (tertiary/aromatic N) is 4. The molecule has 10 heteroatoms. The third-order valence-electron chi connectivity index (χ3n) is 2.67. The van der Waals surface area contributed by atoms with Crippen molar-refractivity contribution in [2.24, 2.45) is 0 Å². The standard InChI is InChI=1S/C12H11BrFN5O3/c13-9-1-2-10(15-5-9)18-7-17-19(12(18)22)6-8(3-14)4-16-11(20)21/h1-3,5,7,16H,4,6H2,(H,20,21). The van der Waals surface area contributed by atoms with Crippen LogP contribution in [0.1, 0.15) is 0 Å². The van der Waals surface area contributed by atoms with E-state index in [-0.39, 0.29) is 25.0 Å². The van der Waals surface area contributed by atoms with E-state index in [9.17, 15) is 14.0 Å². The van der Waals surface area contributed by atoms with Crippen LogP contribution in [0.3, 0.4) is 0 Å². The van der Waals surface area contributed by atoms with Crippen LogP contribution in [-0.4, -0.2) is 37.1 Å². The van der Waals surface area contributed by atoms with Gasteiger partial charge in [0.15, 0.2) is 0 Å². The van der Waals surface area contributed by atoms with Crippen LogP contribution >= 0.6 is 15.9 Å². The molecule has 8 nitrogen and oxygen atoms in total. The van der Waals surface area contributed by atoms with Crippen LogP contribution in [0, 0.1) is 0 Å². The van der Waals surface area contributed by atoms with Gasteiger partial charge in [0.2, 0.25) is 0 Å². The lowest BCUT2D eigenvalue weighted by atomic mass is 10.3. The summed E-state index contributed by atoms with van der Waals surface area (Å²) in [6.45, 7) is -0.402. The fraction of sp³-hybridized carbons (Fsp3) is 0.167. The smallest absolute Gasteiger partial charge is 0.404 e. The molecule has 0 saturated heterocycles. The van der Waals surface area contributed by atoms with E-state index in [2.05, 4.69) is 26.0 Å². The molecule has 1 amide bonds. The molecule has 116 valence electrons. The molecule has 22 heavy (non-hydrogen) atoms. The third kappa shape index (κ3) is 3.79. The van der Waals surface area contributed by atoms with Crippen LogP contribution in [0.4, 0.5) is 9.18 Å². The molecule has 2 N–H and O–H groups in total. The summed E-state index contributed by atoms with van der Waals surface area (Å²) >= 11 is 3.24. The van der Waals surface area contributed by atoms with Gasteiger partial charge in [0.1, 0.15) is 12.1 Å². The van der Waals surface area contributed by atoms with Crippen LogP contribution < -0.4 is 11.0 Å². The number of pyridine rings is 1. The Morgan fingerprint density at radius 3 is 2.86 bits per heavy atom. The van der Waals surface area contributed by atoms with Crippen molar-refractivity contribution in [3.63, 3.8) is 0 Å². The number of amides is 1. The molecule has 0 saturated carbocycles. The fourth-order valence-electron chi connectivity index (χ4n) is 1.62. The molecule has 0 aliphatic carbocycles. The van der Waals surface area contributed by atoms with Crippen molar-refractivity contribution in [2.75, 3.05) is 6.54 Å². The molecule has 0 radical (unpaired) electrons. The summed E-state index contributed by atoms with van der Waals surface area (Å²) < 4.78 is 15.7. The topological polar surface area (TPSA) is 102 Å². The zero-order valence-electron chi connectivity index (χ0n) is 11.1. The average molecular weight is 372 g/mol. The SMILES string of the molecule is O=C(O)NCC(=CF)Cn1ncn(-c2ccc(Br)cn2)c1=O. The van der Waals surface area contributed by atoms with Crippen LogP contribution in [0.5, 0.6) is 0 Å². The maximum Gasteiger partial charge on any atom is 0.404 e. The van der Waals surface area contributed by atoms with Crippen LogP contribution in [0.25, 0.3) is 5.82 Å². The molecular weight excluding hydrogens is 361 g/mol. The van der Waals surface area contributed by atoms with Crippen LogP contribution in [-0.2, 0) is 6.54 Å². The zero-order valence-corrected chi connectivity index (χ0v) is 12.7. The number of hydrogen-bond donors (Lipinski definition) is 2. The largest absolute Gasteiger partial charge is 0.465 e. The van der Waals surface area contributed by atoms with E-state index in [0.29, 0.717) is 5.82 Å². The molecule has 0 bridgehead atoms. The number of carbonyl (C=O) groups is 1. The van der Waals surface area contributed by atoms with Gasteiger partial charge in [-0.15, -0.1) is 0 Å². The van der Waals surface area contributed by atoms with Gasteiger partial charge >= 0.3 is 11.8 Å². The Kier molecular flexibility index (Phi) is 5.04. The normalized spacial score (nSPS) is 11.5. The number of aromatic nitrogens is 4. The highest BCUT2D eigenvalue weighted by Crippen LogP contribution is 2.09. The number of rotatable bonds is 5. The first kappa shape index (κ1) is 15.9. The maximum absolute atomic E-state index is 12.7. The summed E-state index contributed by atoms with van der Waals surface area (Å²) in [5, 5.41) is 14.4. The first-order chi connectivity index (χ1) is 10.5. The lowest BCUT2D eigenvalue weighted by Crippen LogP contribution is -2.29. The summed E-state index contributed by atoms with van der Waals surface area (Å²) in [6.07, 6.45) is 1.76. The van der Waals surface area contributed by atoms with Gasteiger partial charge in [-0.2, -0.15) is 5.10 Å². The van der Waals surface area contributed by atoms with Gasteiger partial charge in [0.05, 0.1) is 12.9 Å². The van der Waals surface area contributed by atoms with Crippen LogP contribution in [0.2, 0.25) is 0 Å². The maximum atomic E-state index is 12.7. The van der Waals surface area contributed by atoms with E-state index in [0.717, 1.165) is 9.15 Å². The zero-order chi connectivity index (χ0) is 16.1. The van der Waals surface area contributed by atoms with E-state index in [1.54, 1.807) is 12.1 Å². The van der Waals surface area contributed by atoms with Gasteiger partial charge in [-0.1, -0.05) is 0 Å². The van der Waals surface area contributed by atoms with Gasteiger partial charge in [-0.25, -0.2) is 28.2 Å². The molecule has 2 rings (SSSR count). The van der Waals surface area contributed by atoms with E-state index < -0.39 is 11.8 Å². The Morgan fingerprint density at radius 2 is 2.27 bits per heavy atom. The number of carboxylic acid groups (broad SMARTS) is 1. The van der Waals surface area contributed by atoms with Gasteiger partial charge < -0.3 is 10.4 Å². The highest BCUT2D eigenvalue weighted by atomic mass is 79.9. The number of hydrogen-bond acceptors (Lipinski definition) is 4. The Morgan fingerprint density at radius 1 is 1.50 bits per heavy atom. The van der Waals surface area contributed by atoms with Crippen molar-refractivity contribution in [1.82, 2.24) is 24.6 Å². The van der Waals surface area contributed by atoms with Crippen molar-refractivity contribution >= 4 is 22.0 Å². The molecular formula is C12H11BrFN5O3. The molecule has 0 atom stereocenters. The predicted octanol–water partition coefficient (Wildman–Crippen LogP) is 1.31. The Bertz CT molecular complexity index is 753. The van der Waals surface area contributed by atoms with Crippen molar-refractivity contribution in [3.05, 3.63) is 51.5 Å². The number of halogens is 2. The Hall–Kier alpha value is -2.49. The van der Waals surface area contributed by atoms with Gasteiger partial charge in [-0.05, 0) is 33.6 Å². The third-order valence-corrected chi connectivity index (χ3v) is 3.13. The van der Waals surface area contributed by atoms with Crippen molar-refractivity contribution in [2.45, 2.75) is 6.54 Å².